The molecule has 1 aliphatic rings. The Morgan fingerprint density at radius 3 is 2.78 bits per heavy atom. The molecule has 0 bridgehead atoms. The van der Waals surface area contributed by atoms with Crippen LogP contribution in [-0.2, 0) is 15.1 Å². The minimum absolute atomic E-state index is 0. The van der Waals surface area contributed by atoms with Crippen molar-refractivity contribution < 1.29 is 14.6 Å². The summed E-state index contributed by atoms with van der Waals surface area (Å²) in [6, 6.07) is 3.84. The van der Waals surface area contributed by atoms with Crippen LogP contribution < -0.4 is 10.6 Å². The highest BCUT2D eigenvalue weighted by Gasteiger charge is 2.24. The first-order valence-corrected chi connectivity index (χ1v) is 10.4. The maximum absolute atomic E-state index is 11.8. The summed E-state index contributed by atoms with van der Waals surface area (Å²) in [5, 5.41) is 18.9. The molecule has 154 valence electrons. The average Bonchev–Trinajstić information content (AvgIpc) is 3.30. The van der Waals surface area contributed by atoms with Crippen LogP contribution in [0.2, 0.25) is 0 Å². The molecule has 0 aromatic carbocycles. The molecule has 1 heterocycles. The molecule has 0 saturated heterocycles. The third kappa shape index (κ3) is 8.78. The van der Waals surface area contributed by atoms with E-state index in [4.69, 9.17) is 4.74 Å². The Labute approximate surface area is 183 Å². The van der Waals surface area contributed by atoms with Crippen molar-refractivity contribution in [2.75, 3.05) is 19.6 Å². The molecule has 0 aliphatic heterocycles. The summed E-state index contributed by atoms with van der Waals surface area (Å²) >= 11 is 1.52. The van der Waals surface area contributed by atoms with Gasteiger partial charge in [0, 0.05) is 24.4 Å². The molecule has 6 nitrogen and oxygen atoms in total. The van der Waals surface area contributed by atoms with E-state index in [1.54, 1.807) is 6.92 Å². The predicted molar refractivity (Wildman–Crippen MR) is 121 cm³/mol. The third-order valence-corrected chi connectivity index (χ3v) is 5.51. The second-order valence-corrected chi connectivity index (χ2v) is 7.82. The first-order chi connectivity index (χ1) is 12.5. The van der Waals surface area contributed by atoms with Gasteiger partial charge in [-0.2, -0.15) is 0 Å². The number of aliphatic imine (C=N–C) groups is 1. The number of halogens is 1. The molecule has 8 heteroatoms. The van der Waals surface area contributed by atoms with Crippen molar-refractivity contribution in [1.82, 2.24) is 10.6 Å². The summed E-state index contributed by atoms with van der Waals surface area (Å²) in [6.07, 6.45) is 5.58. The van der Waals surface area contributed by atoms with Gasteiger partial charge in [0.2, 0.25) is 0 Å². The number of thiophene rings is 1. The van der Waals surface area contributed by atoms with Crippen LogP contribution in [0.5, 0.6) is 0 Å². The Morgan fingerprint density at radius 2 is 2.15 bits per heavy atom. The lowest BCUT2D eigenvalue weighted by Gasteiger charge is -2.20. The fraction of sp³-hybridized carbons (Fsp3) is 0.684. The standard InChI is InChI=1S/C19H31N3O3S.HI/c1-3-20-18(22-14-19(2,24)16-10-7-13-26-16)21-12-6-11-17(23)25-15-8-4-5-9-15;/h7,10,13,15,24H,3-6,8-9,11-12,14H2,1-2H3,(H2,20,21,22);1H. The van der Waals surface area contributed by atoms with Crippen LogP contribution in [0, 0.1) is 0 Å². The van der Waals surface area contributed by atoms with Crippen LogP contribution in [0.25, 0.3) is 0 Å². The van der Waals surface area contributed by atoms with Gasteiger partial charge in [-0.1, -0.05) is 6.07 Å². The van der Waals surface area contributed by atoms with E-state index in [9.17, 15) is 9.90 Å². The zero-order chi connectivity index (χ0) is 18.8. The molecule has 1 unspecified atom stereocenters. The van der Waals surface area contributed by atoms with Gasteiger partial charge in [-0.15, -0.1) is 35.3 Å². The average molecular weight is 509 g/mol. The Kier molecular flexibility index (Phi) is 11.2. The highest BCUT2D eigenvalue weighted by Crippen LogP contribution is 2.25. The van der Waals surface area contributed by atoms with Crippen molar-refractivity contribution in [3.05, 3.63) is 22.4 Å². The smallest absolute Gasteiger partial charge is 0.306 e. The van der Waals surface area contributed by atoms with Crippen molar-refractivity contribution in [3.8, 4) is 0 Å². The van der Waals surface area contributed by atoms with Crippen molar-refractivity contribution in [3.63, 3.8) is 0 Å². The first kappa shape index (κ1) is 24.2. The molecule has 3 N–H and O–H groups in total. The number of guanidine groups is 1. The minimum Gasteiger partial charge on any atom is -0.462 e. The second-order valence-electron chi connectivity index (χ2n) is 6.87. The number of rotatable bonds is 9. The van der Waals surface area contributed by atoms with E-state index in [-0.39, 0.29) is 42.6 Å². The Bertz CT molecular complexity index is 573. The highest BCUT2D eigenvalue weighted by molar-refractivity contribution is 14.0. The predicted octanol–water partition coefficient (Wildman–Crippen LogP) is 3.39. The van der Waals surface area contributed by atoms with Crippen LogP contribution in [0.4, 0.5) is 0 Å². The number of nitrogens with one attached hydrogen (secondary N) is 2. The zero-order valence-corrected chi connectivity index (χ0v) is 19.3. The van der Waals surface area contributed by atoms with E-state index < -0.39 is 5.60 Å². The molecule has 1 saturated carbocycles. The SMILES string of the molecule is CCNC(=NCC(C)(O)c1cccs1)NCCCC(=O)OC1CCCC1.I. The number of hydrogen-bond donors (Lipinski definition) is 3. The molecule has 1 aromatic heterocycles. The van der Waals surface area contributed by atoms with E-state index in [0.717, 1.165) is 37.1 Å². The van der Waals surface area contributed by atoms with E-state index in [0.29, 0.717) is 25.3 Å². The van der Waals surface area contributed by atoms with E-state index in [1.165, 1.54) is 11.3 Å². The van der Waals surface area contributed by atoms with Gasteiger partial charge in [-0.3, -0.25) is 4.79 Å². The zero-order valence-electron chi connectivity index (χ0n) is 16.2. The Balaban J connectivity index is 0.00000364. The molecular weight excluding hydrogens is 477 g/mol. The lowest BCUT2D eigenvalue weighted by molar-refractivity contribution is -0.148. The van der Waals surface area contributed by atoms with E-state index in [1.807, 2.05) is 24.4 Å². The van der Waals surface area contributed by atoms with Gasteiger partial charge in [0.1, 0.15) is 11.7 Å². The van der Waals surface area contributed by atoms with Crippen LogP contribution in [-0.4, -0.2) is 42.8 Å². The van der Waals surface area contributed by atoms with Crippen LogP contribution in [0.15, 0.2) is 22.5 Å². The summed E-state index contributed by atoms with van der Waals surface area (Å²) < 4.78 is 5.45. The van der Waals surface area contributed by atoms with Crippen molar-refractivity contribution in [1.29, 1.82) is 0 Å². The van der Waals surface area contributed by atoms with Gasteiger partial charge >= 0.3 is 5.97 Å². The quantitative estimate of drug-likeness (QED) is 0.156. The maximum atomic E-state index is 11.8. The van der Waals surface area contributed by atoms with Crippen molar-refractivity contribution in [2.45, 2.75) is 64.1 Å². The molecule has 2 rings (SSSR count). The van der Waals surface area contributed by atoms with Gasteiger partial charge in [0.15, 0.2) is 5.96 Å². The summed E-state index contributed by atoms with van der Waals surface area (Å²) in [5.41, 5.74) is -0.985. The number of nitrogens with zero attached hydrogens (tertiary/aromatic N) is 1. The number of aliphatic hydroxyl groups is 1. The fourth-order valence-corrected chi connectivity index (χ4v) is 3.71. The summed E-state index contributed by atoms with van der Waals surface area (Å²) in [7, 11) is 0. The Hall–Kier alpha value is -0.870. The molecule has 0 spiro atoms. The van der Waals surface area contributed by atoms with Gasteiger partial charge in [-0.05, 0) is 57.4 Å². The lowest BCUT2D eigenvalue weighted by Crippen LogP contribution is -2.39. The lowest BCUT2D eigenvalue weighted by atomic mass is 10.1. The van der Waals surface area contributed by atoms with Crippen LogP contribution >= 0.6 is 35.3 Å². The maximum Gasteiger partial charge on any atom is 0.306 e. The molecular formula is C19H32IN3O3S. The van der Waals surface area contributed by atoms with Gasteiger partial charge < -0.3 is 20.5 Å². The van der Waals surface area contributed by atoms with Gasteiger partial charge in [0.05, 0.1) is 6.54 Å². The molecule has 27 heavy (non-hydrogen) atoms. The second kappa shape index (κ2) is 12.6. The minimum atomic E-state index is -0.985. The molecule has 1 fully saturated rings. The number of hydrogen-bond acceptors (Lipinski definition) is 5. The summed E-state index contributed by atoms with van der Waals surface area (Å²) in [6.45, 7) is 5.40. The van der Waals surface area contributed by atoms with Gasteiger partial charge in [0.25, 0.3) is 0 Å². The third-order valence-electron chi connectivity index (χ3n) is 4.39. The molecule has 0 amide bonds. The normalized spacial score (nSPS) is 17.1. The molecule has 1 aromatic rings. The fourth-order valence-electron chi connectivity index (χ4n) is 2.93. The van der Waals surface area contributed by atoms with Crippen molar-refractivity contribution >= 4 is 47.2 Å². The highest BCUT2D eigenvalue weighted by atomic mass is 127. The number of carbonyl (C=O) groups excluding carboxylic acids is 1. The van der Waals surface area contributed by atoms with Gasteiger partial charge in [-0.25, -0.2) is 4.99 Å². The van der Waals surface area contributed by atoms with Crippen LogP contribution in [0.1, 0.15) is 57.2 Å². The number of esters is 1. The molecule has 1 aliphatic carbocycles. The van der Waals surface area contributed by atoms with Crippen LogP contribution in [0.3, 0.4) is 0 Å². The monoisotopic (exact) mass is 509 g/mol. The number of carbonyl (C=O) groups is 1. The topological polar surface area (TPSA) is 83.0 Å². The number of ether oxygens (including phenoxy) is 1. The largest absolute Gasteiger partial charge is 0.462 e. The summed E-state index contributed by atoms with van der Waals surface area (Å²) in [4.78, 5) is 17.2. The van der Waals surface area contributed by atoms with E-state index in [2.05, 4.69) is 15.6 Å². The molecule has 1 atom stereocenters. The van der Waals surface area contributed by atoms with E-state index >= 15 is 0 Å². The Morgan fingerprint density at radius 1 is 1.41 bits per heavy atom. The first-order valence-electron chi connectivity index (χ1n) is 9.49. The molecule has 0 radical (unpaired) electrons. The summed E-state index contributed by atoms with van der Waals surface area (Å²) in [5.74, 6) is 0.537. The van der Waals surface area contributed by atoms with Crippen molar-refractivity contribution in [2.24, 2.45) is 4.99 Å².